The van der Waals surface area contributed by atoms with Gasteiger partial charge in [0.15, 0.2) is 0 Å². The van der Waals surface area contributed by atoms with Gasteiger partial charge in [0.05, 0.1) is 5.02 Å². The van der Waals surface area contributed by atoms with Crippen LogP contribution < -0.4 is 10.5 Å². The Kier molecular flexibility index (Phi) is 5.02. The fourth-order valence-corrected chi connectivity index (χ4v) is 2.78. The lowest BCUT2D eigenvalue weighted by molar-refractivity contribution is 0.155. The minimum absolute atomic E-state index is 0.0802. The molecule has 0 aromatic heterocycles. The normalized spacial score (nSPS) is 11.0. The topological polar surface area (TPSA) is 98.5 Å². The summed E-state index contributed by atoms with van der Waals surface area (Å²) in [6, 6.07) is 13.0. The summed E-state index contributed by atoms with van der Waals surface area (Å²) in [6.07, 6.45) is -0.678. The van der Waals surface area contributed by atoms with Gasteiger partial charge in [-0.3, -0.25) is 5.32 Å². The highest BCUT2D eigenvalue weighted by molar-refractivity contribution is 7.89. The van der Waals surface area contributed by atoms with Gasteiger partial charge in [-0.2, -0.15) is 0 Å². The van der Waals surface area contributed by atoms with E-state index in [4.69, 9.17) is 21.5 Å². The lowest BCUT2D eigenvalue weighted by Gasteiger charge is -2.08. The average molecular weight is 341 g/mol. The van der Waals surface area contributed by atoms with Crippen molar-refractivity contribution in [1.29, 1.82) is 0 Å². The first-order valence-corrected chi connectivity index (χ1v) is 8.09. The molecule has 6 nitrogen and oxygen atoms in total. The van der Waals surface area contributed by atoms with Crippen LogP contribution in [0.2, 0.25) is 5.02 Å². The van der Waals surface area contributed by atoms with Crippen molar-refractivity contribution in [2.75, 3.05) is 5.32 Å². The second-order valence-electron chi connectivity index (χ2n) is 4.38. The number of sulfonamides is 1. The number of primary sulfonamides is 1. The zero-order chi connectivity index (χ0) is 16.2. The quantitative estimate of drug-likeness (QED) is 0.893. The maximum absolute atomic E-state index is 11.7. The third-order valence-electron chi connectivity index (χ3n) is 2.70. The molecule has 116 valence electrons. The van der Waals surface area contributed by atoms with Crippen LogP contribution in [-0.4, -0.2) is 14.5 Å². The molecule has 0 aliphatic carbocycles. The smallest absolute Gasteiger partial charge is 0.411 e. The predicted octanol–water partition coefficient (Wildman–Crippen LogP) is 2.74. The van der Waals surface area contributed by atoms with Gasteiger partial charge in [0.25, 0.3) is 0 Å². The van der Waals surface area contributed by atoms with Crippen molar-refractivity contribution in [3.63, 3.8) is 0 Å². The van der Waals surface area contributed by atoms with Crippen LogP contribution in [0.5, 0.6) is 0 Å². The SMILES string of the molecule is NS(=O)(=O)c1ccc(NC(=O)OCc2ccccc2)cc1Cl. The molecule has 0 fully saturated rings. The van der Waals surface area contributed by atoms with Gasteiger partial charge in [0.1, 0.15) is 11.5 Å². The van der Waals surface area contributed by atoms with E-state index in [0.717, 1.165) is 5.56 Å². The van der Waals surface area contributed by atoms with Crippen LogP contribution in [0.4, 0.5) is 10.5 Å². The Balaban J connectivity index is 1.99. The van der Waals surface area contributed by atoms with Gasteiger partial charge >= 0.3 is 6.09 Å². The highest BCUT2D eigenvalue weighted by Gasteiger charge is 2.14. The fourth-order valence-electron chi connectivity index (χ4n) is 1.69. The molecule has 0 bridgehead atoms. The van der Waals surface area contributed by atoms with Gasteiger partial charge in [-0.15, -0.1) is 0 Å². The number of amides is 1. The van der Waals surface area contributed by atoms with Crippen LogP contribution in [0.1, 0.15) is 5.56 Å². The Bertz CT molecular complexity index is 779. The summed E-state index contributed by atoms with van der Waals surface area (Å²) < 4.78 is 27.5. The van der Waals surface area contributed by atoms with Gasteiger partial charge < -0.3 is 4.74 Å². The number of nitrogens with one attached hydrogen (secondary N) is 1. The van der Waals surface area contributed by atoms with Crippen molar-refractivity contribution < 1.29 is 17.9 Å². The number of anilines is 1. The molecule has 0 unspecified atom stereocenters. The third-order valence-corrected chi connectivity index (χ3v) is 4.09. The van der Waals surface area contributed by atoms with E-state index in [1.807, 2.05) is 30.3 Å². The minimum Gasteiger partial charge on any atom is -0.444 e. The Hall–Kier alpha value is -2.09. The molecule has 0 saturated carbocycles. The number of carbonyl (C=O) groups excluding carboxylic acids is 1. The molecule has 0 heterocycles. The molecule has 2 rings (SSSR count). The van der Waals surface area contributed by atoms with Crippen LogP contribution in [0.15, 0.2) is 53.4 Å². The maximum Gasteiger partial charge on any atom is 0.411 e. The molecule has 3 N–H and O–H groups in total. The molecule has 1 amide bonds. The van der Waals surface area contributed by atoms with Gasteiger partial charge in [-0.05, 0) is 23.8 Å². The summed E-state index contributed by atoms with van der Waals surface area (Å²) in [5.74, 6) is 0. The Morgan fingerprint density at radius 1 is 1.18 bits per heavy atom. The highest BCUT2D eigenvalue weighted by Crippen LogP contribution is 2.24. The zero-order valence-corrected chi connectivity index (χ0v) is 12.9. The van der Waals surface area contributed by atoms with Crippen molar-refractivity contribution in [2.45, 2.75) is 11.5 Å². The second kappa shape index (κ2) is 6.78. The molecule has 0 aliphatic rings. The summed E-state index contributed by atoms with van der Waals surface area (Å²) in [5.41, 5.74) is 1.15. The first-order valence-electron chi connectivity index (χ1n) is 6.16. The van der Waals surface area contributed by atoms with E-state index in [-0.39, 0.29) is 16.5 Å². The molecule has 2 aromatic rings. The lowest BCUT2D eigenvalue weighted by atomic mass is 10.2. The molecule has 0 radical (unpaired) electrons. The molecule has 0 spiro atoms. The maximum atomic E-state index is 11.7. The largest absolute Gasteiger partial charge is 0.444 e. The monoisotopic (exact) mass is 340 g/mol. The molecule has 0 saturated heterocycles. The fraction of sp³-hybridized carbons (Fsp3) is 0.0714. The summed E-state index contributed by atoms with van der Waals surface area (Å²) >= 11 is 5.82. The van der Waals surface area contributed by atoms with Crippen LogP contribution in [0.25, 0.3) is 0 Å². The van der Waals surface area contributed by atoms with Crippen LogP contribution in [-0.2, 0) is 21.4 Å². The number of halogens is 1. The van der Waals surface area contributed by atoms with E-state index in [0.29, 0.717) is 5.69 Å². The molecule has 8 heteroatoms. The van der Waals surface area contributed by atoms with Crippen LogP contribution >= 0.6 is 11.6 Å². The number of benzene rings is 2. The number of nitrogens with two attached hydrogens (primary N) is 1. The molecular weight excluding hydrogens is 328 g/mol. The number of ether oxygens (including phenoxy) is 1. The molecule has 0 atom stereocenters. The van der Waals surface area contributed by atoms with Crippen molar-refractivity contribution in [2.24, 2.45) is 5.14 Å². The standard InChI is InChI=1S/C14H13ClN2O4S/c15-12-8-11(6-7-13(12)22(16,19)20)17-14(18)21-9-10-4-2-1-3-5-10/h1-8H,9H2,(H,17,18)(H2,16,19,20). The van der Waals surface area contributed by atoms with E-state index < -0.39 is 16.1 Å². The summed E-state index contributed by atoms with van der Waals surface area (Å²) in [4.78, 5) is 11.4. The van der Waals surface area contributed by atoms with Gasteiger partial charge in [-0.25, -0.2) is 18.4 Å². The van der Waals surface area contributed by atoms with Crippen LogP contribution in [0, 0.1) is 0 Å². The van der Waals surface area contributed by atoms with E-state index in [2.05, 4.69) is 5.32 Å². The van der Waals surface area contributed by atoms with Crippen molar-refractivity contribution in [3.8, 4) is 0 Å². The first-order chi connectivity index (χ1) is 10.4. The number of rotatable bonds is 4. The number of hydrogen-bond donors (Lipinski definition) is 2. The van der Waals surface area contributed by atoms with E-state index in [1.165, 1.54) is 18.2 Å². The summed E-state index contributed by atoms with van der Waals surface area (Å²) in [6.45, 7) is 0.121. The van der Waals surface area contributed by atoms with Gasteiger partial charge in [-0.1, -0.05) is 41.9 Å². The van der Waals surface area contributed by atoms with Crippen LogP contribution in [0.3, 0.4) is 0 Å². The summed E-state index contributed by atoms with van der Waals surface area (Å²) in [5, 5.41) is 7.37. The van der Waals surface area contributed by atoms with Crippen molar-refractivity contribution >= 4 is 33.4 Å². The lowest BCUT2D eigenvalue weighted by Crippen LogP contribution is -2.15. The molecule has 0 aliphatic heterocycles. The highest BCUT2D eigenvalue weighted by atomic mass is 35.5. The zero-order valence-electron chi connectivity index (χ0n) is 11.3. The molecule has 2 aromatic carbocycles. The minimum atomic E-state index is -3.90. The van der Waals surface area contributed by atoms with Gasteiger partial charge in [0, 0.05) is 5.69 Å². The molecular formula is C14H13ClN2O4S. The average Bonchev–Trinajstić information content (AvgIpc) is 2.45. The van der Waals surface area contributed by atoms with E-state index in [1.54, 1.807) is 0 Å². The van der Waals surface area contributed by atoms with Gasteiger partial charge in [0.2, 0.25) is 10.0 Å². The van der Waals surface area contributed by atoms with E-state index in [9.17, 15) is 13.2 Å². The number of hydrogen-bond acceptors (Lipinski definition) is 4. The Morgan fingerprint density at radius 3 is 2.45 bits per heavy atom. The second-order valence-corrected chi connectivity index (χ2v) is 6.31. The third kappa shape index (κ3) is 4.45. The predicted molar refractivity (Wildman–Crippen MR) is 83.1 cm³/mol. The van der Waals surface area contributed by atoms with E-state index >= 15 is 0 Å². The Labute approximate surface area is 132 Å². The number of carbonyl (C=O) groups is 1. The molecule has 22 heavy (non-hydrogen) atoms. The van der Waals surface area contributed by atoms with Crippen molar-refractivity contribution in [1.82, 2.24) is 0 Å². The summed E-state index contributed by atoms with van der Waals surface area (Å²) in [7, 11) is -3.90. The first kappa shape index (κ1) is 16.3. The Morgan fingerprint density at radius 2 is 1.86 bits per heavy atom. The van der Waals surface area contributed by atoms with Crippen molar-refractivity contribution in [3.05, 3.63) is 59.1 Å².